The van der Waals surface area contributed by atoms with E-state index < -0.39 is 10.0 Å². The molecule has 1 aromatic rings. The number of hydrogen-bond donors (Lipinski definition) is 3. The molecular formula is C11H20N4O2S. The topological polar surface area (TPSA) is 101 Å². The summed E-state index contributed by atoms with van der Waals surface area (Å²) < 4.78 is 26.6. The highest BCUT2D eigenvalue weighted by atomic mass is 32.2. The van der Waals surface area contributed by atoms with Gasteiger partial charge in [0.15, 0.2) is 0 Å². The van der Waals surface area contributed by atoms with Gasteiger partial charge in [0.2, 0.25) is 10.0 Å². The van der Waals surface area contributed by atoms with E-state index in [2.05, 4.69) is 42.6 Å². The van der Waals surface area contributed by atoms with Gasteiger partial charge < -0.3 is 5.73 Å². The van der Waals surface area contributed by atoms with Crippen molar-refractivity contribution in [3.63, 3.8) is 0 Å². The quantitative estimate of drug-likeness (QED) is 0.759. The van der Waals surface area contributed by atoms with Crippen LogP contribution in [0, 0.1) is 16.7 Å². The van der Waals surface area contributed by atoms with Gasteiger partial charge in [0, 0.05) is 6.54 Å². The van der Waals surface area contributed by atoms with Crippen LogP contribution in [0.4, 0.5) is 5.82 Å². The Morgan fingerprint density at radius 3 is 2.33 bits per heavy atom. The Kier molecular flexibility index (Phi) is 2.75. The highest BCUT2D eigenvalue weighted by Crippen LogP contribution is 2.67. The molecule has 0 aromatic carbocycles. The Bertz CT molecular complexity index is 545. The van der Waals surface area contributed by atoms with Crippen LogP contribution < -0.4 is 10.5 Å². The molecule has 0 amide bonds. The monoisotopic (exact) mass is 272 g/mol. The molecule has 1 fully saturated rings. The van der Waals surface area contributed by atoms with Gasteiger partial charge in [-0.05, 0) is 16.7 Å². The average Bonchev–Trinajstić information content (AvgIpc) is 2.57. The minimum absolute atomic E-state index is 0.0127. The normalized spacial score (nSPS) is 22.0. The van der Waals surface area contributed by atoms with Crippen molar-refractivity contribution >= 4 is 15.8 Å². The molecule has 2 rings (SSSR count). The third-order valence-electron chi connectivity index (χ3n) is 4.72. The first-order valence-corrected chi connectivity index (χ1v) is 7.37. The van der Waals surface area contributed by atoms with Gasteiger partial charge in [0.05, 0.1) is 6.20 Å². The number of nitrogens with zero attached hydrogens (tertiary/aromatic N) is 1. The molecule has 0 radical (unpaired) electrons. The van der Waals surface area contributed by atoms with Crippen LogP contribution in [0.25, 0.3) is 0 Å². The summed E-state index contributed by atoms with van der Waals surface area (Å²) in [7, 11) is -3.57. The molecule has 0 bridgehead atoms. The number of hydrogen-bond acceptors (Lipinski definition) is 4. The van der Waals surface area contributed by atoms with E-state index in [4.69, 9.17) is 5.73 Å². The van der Waals surface area contributed by atoms with Crippen molar-refractivity contribution in [2.75, 3.05) is 12.3 Å². The number of nitrogens with one attached hydrogen (secondary N) is 2. The van der Waals surface area contributed by atoms with Gasteiger partial charge in [-0.15, -0.1) is 0 Å². The molecular weight excluding hydrogens is 252 g/mol. The lowest BCUT2D eigenvalue weighted by molar-refractivity contribution is 0.457. The number of rotatable bonds is 4. The molecule has 0 atom stereocenters. The van der Waals surface area contributed by atoms with Crippen molar-refractivity contribution < 1.29 is 8.42 Å². The van der Waals surface area contributed by atoms with Gasteiger partial charge in [0.25, 0.3) is 0 Å². The van der Waals surface area contributed by atoms with Crippen molar-refractivity contribution in [3.05, 3.63) is 6.20 Å². The summed E-state index contributed by atoms with van der Waals surface area (Å²) in [5.74, 6) is 0.393. The molecule has 102 valence electrons. The molecule has 0 unspecified atom stereocenters. The predicted octanol–water partition coefficient (Wildman–Crippen LogP) is 0.952. The minimum Gasteiger partial charge on any atom is -0.383 e. The van der Waals surface area contributed by atoms with Gasteiger partial charge in [0.1, 0.15) is 10.7 Å². The van der Waals surface area contributed by atoms with Gasteiger partial charge in [-0.2, -0.15) is 5.10 Å². The molecule has 6 nitrogen and oxygen atoms in total. The van der Waals surface area contributed by atoms with Gasteiger partial charge >= 0.3 is 0 Å². The maximum absolute atomic E-state index is 12.0. The van der Waals surface area contributed by atoms with Crippen LogP contribution in [0.15, 0.2) is 11.1 Å². The lowest BCUT2D eigenvalue weighted by Crippen LogP contribution is -2.27. The Morgan fingerprint density at radius 1 is 1.39 bits per heavy atom. The van der Waals surface area contributed by atoms with E-state index >= 15 is 0 Å². The second-order valence-corrected chi connectivity index (χ2v) is 7.73. The lowest BCUT2D eigenvalue weighted by atomic mass is 10.0. The van der Waals surface area contributed by atoms with Crippen LogP contribution in [0.1, 0.15) is 27.7 Å². The summed E-state index contributed by atoms with van der Waals surface area (Å²) in [6.07, 6.45) is 1.22. The SMILES string of the molecule is CC1(C)C(CNS(=O)(=O)c2cn[nH]c2N)C1(C)C. The fraction of sp³-hybridized carbons (Fsp3) is 0.727. The van der Waals surface area contributed by atoms with E-state index in [9.17, 15) is 8.42 Å². The van der Waals surface area contributed by atoms with E-state index in [0.717, 1.165) is 0 Å². The van der Waals surface area contributed by atoms with Crippen LogP contribution in [-0.2, 0) is 10.0 Å². The summed E-state index contributed by atoms with van der Waals surface area (Å²) in [4.78, 5) is 0.0127. The number of nitrogen functional groups attached to an aromatic ring is 1. The van der Waals surface area contributed by atoms with Crippen molar-refractivity contribution in [1.82, 2.24) is 14.9 Å². The zero-order chi connectivity index (χ0) is 13.8. The summed E-state index contributed by atoms with van der Waals surface area (Å²) in [5.41, 5.74) is 5.82. The van der Waals surface area contributed by atoms with Crippen molar-refractivity contribution in [3.8, 4) is 0 Å². The molecule has 18 heavy (non-hydrogen) atoms. The van der Waals surface area contributed by atoms with E-state index in [0.29, 0.717) is 12.5 Å². The van der Waals surface area contributed by atoms with E-state index in [1.807, 2.05) is 0 Å². The molecule has 0 saturated heterocycles. The van der Waals surface area contributed by atoms with Crippen LogP contribution >= 0.6 is 0 Å². The van der Waals surface area contributed by atoms with Crippen molar-refractivity contribution in [2.45, 2.75) is 32.6 Å². The van der Waals surface area contributed by atoms with Crippen LogP contribution in [-0.4, -0.2) is 25.2 Å². The van der Waals surface area contributed by atoms with E-state index in [1.54, 1.807) is 0 Å². The third-order valence-corrected chi connectivity index (χ3v) is 6.17. The number of H-pyrrole nitrogens is 1. The van der Waals surface area contributed by atoms with Gasteiger partial charge in [-0.25, -0.2) is 13.1 Å². The van der Waals surface area contributed by atoms with Crippen LogP contribution in [0.2, 0.25) is 0 Å². The zero-order valence-corrected chi connectivity index (χ0v) is 11.9. The minimum atomic E-state index is -3.57. The summed E-state index contributed by atoms with van der Waals surface area (Å²) in [6.45, 7) is 9.03. The second-order valence-electron chi connectivity index (χ2n) is 6.00. The highest BCUT2D eigenvalue weighted by Gasteiger charge is 2.64. The van der Waals surface area contributed by atoms with Crippen LogP contribution in [0.5, 0.6) is 0 Å². The Balaban J connectivity index is 2.07. The predicted molar refractivity (Wildman–Crippen MR) is 69.2 cm³/mol. The highest BCUT2D eigenvalue weighted by molar-refractivity contribution is 7.89. The van der Waals surface area contributed by atoms with Crippen molar-refractivity contribution in [2.24, 2.45) is 16.7 Å². The van der Waals surface area contributed by atoms with Crippen LogP contribution in [0.3, 0.4) is 0 Å². The number of aromatic nitrogens is 2. The number of sulfonamides is 1. The maximum Gasteiger partial charge on any atom is 0.245 e. The first-order chi connectivity index (χ1) is 8.11. The van der Waals surface area contributed by atoms with E-state index in [1.165, 1.54) is 6.20 Å². The molecule has 4 N–H and O–H groups in total. The average molecular weight is 272 g/mol. The summed E-state index contributed by atoms with van der Waals surface area (Å²) in [5, 5.41) is 6.04. The Morgan fingerprint density at radius 2 is 1.94 bits per heavy atom. The fourth-order valence-corrected chi connectivity index (χ4v) is 3.68. The first kappa shape index (κ1) is 13.4. The molecule has 0 aliphatic heterocycles. The van der Waals surface area contributed by atoms with Crippen molar-refractivity contribution in [1.29, 1.82) is 0 Å². The first-order valence-electron chi connectivity index (χ1n) is 5.89. The Labute approximate surface area is 107 Å². The summed E-state index contributed by atoms with van der Waals surface area (Å²) >= 11 is 0. The molecule has 1 aromatic heterocycles. The van der Waals surface area contributed by atoms with Gasteiger partial charge in [-0.3, -0.25) is 5.10 Å². The smallest absolute Gasteiger partial charge is 0.245 e. The number of aromatic amines is 1. The summed E-state index contributed by atoms with van der Waals surface area (Å²) in [6, 6.07) is 0. The fourth-order valence-electron chi connectivity index (χ4n) is 2.61. The number of nitrogens with two attached hydrogens (primary N) is 1. The maximum atomic E-state index is 12.0. The standard InChI is InChI=1S/C11H20N4O2S/c1-10(2)8(11(10,3)4)6-14-18(16,17)7-5-13-15-9(7)12/h5,8,14H,6H2,1-4H3,(H3,12,13,15). The molecule has 1 saturated carbocycles. The molecule has 0 spiro atoms. The molecule has 7 heteroatoms. The molecule has 1 heterocycles. The largest absolute Gasteiger partial charge is 0.383 e. The lowest BCUT2D eigenvalue weighted by Gasteiger charge is -2.06. The Hall–Kier alpha value is -1.08. The zero-order valence-electron chi connectivity index (χ0n) is 11.1. The van der Waals surface area contributed by atoms with Gasteiger partial charge in [-0.1, -0.05) is 27.7 Å². The van der Waals surface area contributed by atoms with E-state index in [-0.39, 0.29) is 21.5 Å². The third kappa shape index (κ3) is 1.81. The number of anilines is 1. The molecule has 1 aliphatic rings. The second kappa shape index (κ2) is 3.71. The molecule has 1 aliphatic carbocycles.